The van der Waals surface area contributed by atoms with Gasteiger partial charge in [-0.3, -0.25) is 9.59 Å². The molecule has 0 aromatic carbocycles. The molecule has 0 fully saturated rings. The lowest BCUT2D eigenvalue weighted by molar-refractivity contribution is 0.0967. The van der Waals surface area contributed by atoms with Crippen molar-refractivity contribution < 1.29 is 9.59 Å². The molecular formula is C9H9N3O2. The van der Waals surface area contributed by atoms with Crippen molar-refractivity contribution in [1.29, 1.82) is 0 Å². The van der Waals surface area contributed by atoms with E-state index in [-0.39, 0.29) is 23.0 Å². The number of ketones is 2. The van der Waals surface area contributed by atoms with Crippen LogP contribution in [0.15, 0.2) is 11.1 Å². The van der Waals surface area contributed by atoms with Gasteiger partial charge >= 0.3 is 0 Å². The summed E-state index contributed by atoms with van der Waals surface area (Å²) >= 11 is 0. The monoisotopic (exact) mass is 191 g/mol. The Hall–Kier alpha value is -1.78. The number of fused-ring (bicyclic) bond motifs is 1. The summed E-state index contributed by atoms with van der Waals surface area (Å²) in [5, 5.41) is 7.35. The van der Waals surface area contributed by atoms with Crippen LogP contribution < -0.4 is 0 Å². The fraction of sp³-hybridized carbons (Fsp3) is 0.333. The Morgan fingerprint density at radius 3 is 2.29 bits per heavy atom. The van der Waals surface area contributed by atoms with Gasteiger partial charge in [0.1, 0.15) is 5.69 Å². The number of carbonyl (C=O) groups excluding carboxylic acids is 2. The topological polar surface area (TPSA) is 64.8 Å². The van der Waals surface area contributed by atoms with Crippen molar-refractivity contribution in [2.45, 2.75) is 13.8 Å². The number of nitrogens with zero attached hydrogens (tertiary/aromatic N) is 3. The molecule has 5 heteroatoms. The zero-order valence-corrected chi connectivity index (χ0v) is 8.16. The Bertz CT molecular complexity index is 482. The first-order chi connectivity index (χ1) is 6.54. The molecule has 0 atom stereocenters. The fourth-order valence-electron chi connectivity index (χ4n) is 1.46. The van der Waals surface area contributed by atoms with Crippen molar-refractivity contribution in [3.63, 3.8) is 0 Å². The number of allylic oxidation sites excluding steroid dienone is 2. The summed E-state index contributed by atoms with van der Waals surface area (Å²) in [7, 11) is 1.60. The van der Waals surface area contributed by atoms with Gasteiger partial charge in [0.05, 0.1) is 0 Å². The van der Waals surface area contributed by atoms with Gasteiger partial charge in [-0.05, 0) is 13.8 Å². The van der Waals surface area contributed by atoms with Gasteiger partial charge in [-0.15, -0.1) is 5.10 Å². The van der Waals surface area contributed by atoms with Crippen molar-refractivity contribution in [2.24, 2.45) is 7.05 Å². The van der Waals surface area contributed by atoms with Crippen molar-refractivity contribution in [3.8, 4) is 0 Å². The van der Waals surface area contributed by atoms with Crippen LogP contribution in [-0.4, -0.2) is 26.6 Å². The number of hydrogen-bond donors (Lipinski definition) is 0. The third kappa shape index (κ3) is 0.891. The van der Waals surface area contributed by atoms with E-state index in [9.17, 15) is 9.59 Å². The molecule has 1 heterocycles. The van der Waals surface area contributed by atoms with Crippen LogP contribution in [0.2, 0.25) is 0 Å². The molecule has 0 spiro atoms. The lowest BCUT2D eigenvalue weighted by atomic mass is 9.92. The minimum absolute atomic E-state index is 0.162. The molecule has 1 aromatic heterocycles. The number of Topliss-reactive ketones (excluding diaryl/α,β-unsaturated/α-hetero) is 2. The maximum atomic E-state index is 11.7. The van der Waals surface area contributed by atoms with Gasteiger partial charge in [0.2, 0.25) is 11.6 Å². The Morgan fingerprint density at radius 1 is 1.07 bits per heavy atom. The Labute approximate surface area is 80.4 Å². The van der Waals surface area contributed by atoms with Crippen molar-refractivity contribution in [3.05, 3.63) is 22.5 Å². The van der Waals surface area contributed by atoms with Gasteiger partial charge in [0.15, 0.2) is 5.69 Å². The predicted octanol–water partition coefficient (Wildman–Crippen LogP) is 0.530. The molecule has 1 aliphatic rings. The number of carbonyl (C=O) groups is 2. The second-order valence-electron chi connectivity index (χ2n) is 3.32. The van der Waals surface area contributed by atoms with Gasteiger partial charge in [0.25, 0.3) is 0 Å². The van der Waals surface area contributed by atoms with Crippen molar-refractivity contribution in [1.82, 2.24) is 15.0 Å². The molecule has 14 heavy (non-hydrogen) atoms. The zero-order chi connectivity index (χ0) is 10.5. The normalized spacial score (nSPS) is 16.2. The molecule has 5 nitrogen and oxygen atoms in total. The zero-order valence-electron chi connectivity index (χ0n) is 8.16. The van der Waals surface area contributed by atoms with Crippen LogP contribution in [0.3, 0.4) is 0 Å². The van der Waals surface area contributed by atoms with Gasteiger partial charge in [-0.25, -0.2) is 4.68 Å². The van der Waals surface area contributed by atoms with E-state index in [4.69, 9.17) is 0 Å². The summed E-state index contributed by atoms with van der Waals surface area (Å²) in [4.78, 5) is 23.4. The molecule has 2 rings (SSSR count). The summed E-state index contributed by atoms with van der Waals surface area (Å²) < 4.78 is 1.34. The molecule has 0 aliphatic heterocycles. The third-order valence-corrected chi connectivity index (χ3v) is 2.50. The molecule has 1 aliphatic carbocycles. The van der Waals surface area contributed by atoms with Gasteiger partial charge in [0, 0.05) is 18.2 Å². The Balaban J connectivity index is 2.75. The average Bonchev–Trinajstić information content (AvgIpc) is 2.54. The summed E-state index contributed by atoms with van der Waals surface area (Å²) in [6.45, 7) is 3.28. The van der Waals surface area contributed by atoms with E-state index in [2.05, 4.69) is 10.3 Å². The Morgan fingerprint density at radius 2 is 1.64 bits per heavy atom. The summed E-state index contributed by atoms with van der Waals surface area (Å²) in [6, 6.07) is 0. The maximum absolute atomic E-state index is 11.7. The van der Waals surface area contributed by atoms with E-state index in [0.717, 1.165) is 0 Å². The van der Waals surface area contributed by atoms with Gasteiger partial charge in [-0.2, -0.15) is 0 Å². The van der Waals surface area contributed by atoms with Crippen LogP contribution in [-0.2, 0) is 7.05 Å². The van der Waals surface area contributed by atoms with Crippen LogP contribution in [0.25, 0.3) is 0 Å². The van der Waals surface area contributed by atoms with E-state index in [1.165, 1.54) is 4.68 Å². The molecule has 0 bridgehead atoms. The highest BCUT2D eigenvalue weighted by Crippen LogP contribution is 2.23. The van der Waals surface area contributed by atoms with Crippen LogP contribution in [0.1, 0.15) is 34.8 Å². The molecule has 1 aromatic rings. The molecule has 0 radical (unpaired) electrons. The lowest BCUT2D eigenvalue weighted by Gasteiger charge is -2.11. The molecule has 0 saturated carbocycles. The smallest absolute Gasteiger partial charge is 0.211 e. The van der Waals surface area contributed by atoms with E-state index in [0.29, 0.717) is 11.1 Å². The second kappa shape index (κ2) is 2.60. The summed E-state index contributed by atoms with van der Waals surface area (Å²) in [5.74, 6) is -0.366. The van der Waals surface area contributed by atoms with Crippen molar-refractivity contribution >= 4 is 11.6 Å². The van der Waals surface area contributed by atoms with Crippen LogP contribution in [0.4, 0.5) is 0 Å². The lowest BCUT2D eigenvalue weighted by Crippen LogP contribution is -2.21. The second-order valence-corrected chi connectivity index (χ2v) is 3.32. The van der Waals surface area contributed by atoms with Crippen LogP contribution in [0, 0.1) is 0 Å². The SMILES string of the molecule is CC1=C(C)C(=O)c2c(nnn2C)C1=O. The number of hydrogen-bond acceptors (Lipinski definition) is 4. The first-order valence-corrected chi connectivity index (χ1v) is 4.20. The molecule has 0 N–H and O–H groups in total. The fourth-order valence-corrected chi connectivity index (χ4v) is 1.46. The summed E-state index contributed by atoms with van der Waals surface area (Å²) in [5.41, 5.74) is 1.40. The average molecular weight is 191 g/mol. The first-order valence-electron chi connectivity index (χ1n) is 4.20. The van der Waals surface area contributed by atoms with E-state index < -0.39 is 0 Å². The van der Waals surface area contributed by atoms with Crippen molar-refractivity contribution in [2.75, 3.05) is 0 Å². The van der Waals surface area contributed by atoms with E-state index in [1.807, 2.05) is 0 Å². The standard InChI is InChI=1S/C9H9N3O2/c1-4-5(2)9(14)7-6(8(4)13)10-11-12(7)3/h1-3H3. The highest BCUT2D eigenvalue weighted by Gasteiger charge is 2.32. The number of rotatable bonds is 0. The quantitative estimate of drug-likeness (QED) is 0.600. The highest BCUT2D eigenvalue weighted by molar-refractivity contribution is 6.24. The Kier molecular flexibility index (Phi) is 1.64. The van der Waals surface area contributed by atoms with E-state index >= 15 is 0 Å². The summed E-state index contributed by atoms with van der Waals surface area (Å²) in [6.07, 6.45) is 0. The van der Waals surface area contributed by atoms with Gasteiger partial charge in [-0.1, -0.05) is 5.21 Å². The largest absolute Gasteiger partial charge is 0.287 e. The molecule has 0 saturated heterocycles. The first kappa shape index (κ1) is 8.80. The van der Waals surface area contributed by atoms with Gasteiger partial charge < -0.3 is 0 Å². The highest BCUT2D eigenvalue weighted by atomic mass is 16.1. The number of aromatic nitrogens is 3. The minimum atomic E-state index is -0.204. The van der Waals surface area contributed by atoms with Crippen LogP contribution in [0.5, 0.6) is 0 Å². The van der Waals surface area contributed by atoms with E-state index in [1.54, 1.807) is 20.9 Å². The molecule has 0 amide bonds. The minimum Gasteiger partial charge on any atom is -0.287 e. The number of aryl methyl sites for hydroxylation is 1. The molecule has 72 valence electrons. The van der Waals surface area contributed by atoms with Crippen LogP contribution >= 0.6 is 0 Å². The maximum Gasteiger partial charge on any atom is 0.211 e. The molecule has 0 unspecified atom stereocenters. The third-order valence-electron chi connectivity index (χ3n) is 2.50. The predicted molar refractivity (Wildman–Crippen MR) is 48.0 cm³/mol. The molecular weight excluding hydrogens is 182 g/mol.